The van der Waals surface area contributed by atoms with Crippen molar-refractivity contribution in [3.8, 4) is 0 Å². The summed E-state index contributed by atoms with van der Waals surface area (Å²) in [4.78, 5) is 0. The third kappa shape index (κ3) is 4.32. The molecule has 21 heavy (non-hydrogen) atoms. The van der Waals surface area contributed by atoms with Crippen molar-refractivity contribution in [1.29, 1.82) is 0 Å². The quantitative estimate of drug-likeness (QED) is 0.506. The molecule has 0 aliphatic rings. The lowest BCUT2D eigenvalue weighted by Crippen LogP contribution is -2.15. The van der Waals surface area contributed by atoms with Crippen LogP contribution in [0.25, 0.3) is 0 Å². The zero-order valence-corrected chi connectivity index (χ0v) is 12.3. The second kappa shape index (κ2) is 6.41. The first kappa shape index (κ1) is 15.1. The van der Waals surface area contributed by atoms with Crippen molar-refractivity contribution < 1.29 is 13.6 Å². The van der Waals surface area contributed by atoms with Gasteiger partial charge in [0.1, 0.15) is 0 Å². The molecule has 0 aliphatic carbocycles. The molecule has 2 aromatic rings. The molecule has 2 rings (SSSR count). The predicted molar refractivity (Wildman–Crippen MR) is 83.1 cm³/mol. The van der Waals surface area contributed by atoms with E-state index in [1.165, 1.54) is 0 Å². The highest BCUT2D eigenvalue weighted by Crippen LogP contribution is 2.15. The van der Waals surface area contributed by atoms with Gasteiger partial charge in [-0.1, -0.05) is 47.6 Å². The third-order valence-corrected chi connectivity index (χ3v) is 4.16. The van der Waals surface area contributed by atoms with Crippen molar-refractivity contribution >= 4 is 21.4 Å². The molecule has 0 radical (unpaired) electrons. The lowest BCUT2D eigenvalue weighted by atomic mass is 10.1. The van der Waals surface area contributed by atoms with Gasteiger partial charge in [-0.3, -0.25) is 4.72 Å². The second-order valence-corrected chi connectivity index (χ2v) is 6.34. The summed E-state index contributed by atoms with van der Waals surface area (Å²) in [5.41, 5.74) is 2.22. The average Bonchev–Trinajstić information content (AvgIpc) is 2.46. The first-order valence-electron chi connectivity index (χ1n) is 6.34. The molecule has 5 nitrogen and oxygen atoms in total. The van der Waals surface area contributed by atoms with E-state index in [2.05, 4.69) is 9.88 Å². The predicted octanol–water partition coefficient (Wildman–Crippen LogP) is 2.83. The van der Waals surface area contributed by atoms with Gasteiger partial charge in [-0.15, -0.1) is 0 Å². The van der Waals surface area contributed by atoms with Crippen LogP contribution in [0.1, 0.15) is 18.1 Å². The molecule has 6 heteroatoms. The average molecular weight is 304 g/mol. The Morgan fingerprint density at radius 1 is 1.14 bits per heavy atom. The zero-order chi connectivity index (χ0) is 15.3. The van der Waals surface area contributed by atoms with E-state index in [0.29, 0.717) is 22.5 Å². The minimum atomic E-state index is -3.49. The van der Waals surface area contributed by atoms with E-state index < -0.39 is 10.0 Å². The molecule has 0 saturated heterocycles. The van der Waals surface area contributed by atoms with Gasteiger partial charge in [-0.2, -0.15) is 0 Å². The Hall–Kier alpha value is -2.34. The number of anilines is 1. The summed E-state index contributed by atoms with van der Waals surface area (Å²) >= 11 is 0. The lowest BCUT2D eigenvalue weighted by molar-refractivity contribution is 0.319. The SMILES string of the molecule is C/C(=N\O)c1cccc(NS(=O)(=O)Cc2ccccc2)c1. The number of benzene rings is 2. The number of rotatable bonds is 5. The van der Waals surface area contributed by atoms with Crippen LogP contribution in [0.5, 0.6) is 0 Å². The summed E-state index contributed by atoms with van der Waals surface area (Å²) in [5, 5.41) is 11.9. The van der Waals surface area contributed by atoms with Gasteiger partial charge >= 0.3 is 0 Å². The largest absolute Gasteiger partial charge is 0.411 e. The lowest BCUT2D eigenvalue weighted by Gasteiger charge is -2.09. The molecule has 0 amide bonds. The van der Waals surface area contributed by atoms with Crippen LogP contribution < -0.4 is 4.72 Å². The molecular formula is C15H16N2O3S. The van der Waals surface area contributed by atoms with Gasteiger partial charge in [0.15, 0.2) is 0 Å². The highest BCUT2D eigenvalue weighted by molar-refractivity contribution is 7.91. The zero-order valence-electron chi connectivity index (χ0n) is 11.5. The van der Waals surface area contributed by atoms with Gasteiger partial charge in [0, 0.05) is 11.3 Å². The van der Waals surface area contributed by atoms with E-state index in [9.17, 15) is 8.42 Å². The highest BCUT2D eigenvalue weighted by Gasteiger charge is 2.12. The van der Waals surface area contributed by atoms with E-state index in [-0.39, 0.29) is 5.75 Å². The number of nitrogens with one attached hydrogen (secondary N) is 1. The molecule has 0 saturated carbocycles. The van der Waals surface area contributed by atoms with Crippen LogP contribution in [0, 0.1) is 0 Å². The fourth-order valence-electron chi connectivity index (χ4n) is 1.87. The molecule has 2 aromatic carbocycles. The Labute approximate surface area is 124 Å². The maximum atomic E-state index is 12.1. The Morgan fingerprint density at radius 3 is 2.52 bits per heavy atom. The molecule has 0 heterocycles. The van der Waals surface area contributed by atoms with Gasteiger partial charge in [0.25, 0.3) is 0 Å². The van der Waals surface area contributed by atoms with Crippen molar-refractivity contribution in [1.82, 2.24) is 0 Å². The summed E-state index contributed by atoms with van der Waals surface area (Å²) in [6, 6.07) is 15.7. The number of nitrogens with zero attached hydrogens (tertiary/aromatic N) is 1. The molecule has 2 N–H and O–H groups in total. The molecule has 0 aliphatic heterocycles. The maximum absolute atomic E-state index is 12.1. The first-order valence-corrected chi connectivity index (χ1v) is 7.99. The van der Waals surface area contributed by atoms with E-state index in [1.54, 1.807) is 55.5 Å². The number of sulfonamides is 1. The van der Waals surface area contributed by atoms with Crippen LogP contribution in [0.15, 0.2) is 59.8 Å². The Balaban J connectivity index is 2.17. The van der Waals surface area contributed by atoms with Crippen LogP contribution >= 0.6 is 0 Å². The van der Waals surface area contributed by atoms with E-state index in [4.69, 9.17) is 5.21 Å². The van der Waals surface area contributed by atoms with E-state index >= 15 is 0 Å². The van der Waals surface area contributed by atoms with Crippen LogP contribution in [-0.4, -0.2) is 19.3 Å². The first-order chi connectivity index (χ1) is 10.00. The monoisotopic (exact) mass is 304 g/mol. The Bertz CT molecular complexity index is 741. The van der Waals surface area contributed by atoms with Gasteiger partial charge < -0.3 is 5.21 Å². The molecule has 0 fully saturated rings. The maximum Gasteiger partial charge on any atom is 0.236 e. The van der Waals surface area contributed by atoms with Crippen LogP contribution in [0.3, 0.4) is 0 Å². The number of hydrogen-bond donors (Lipinski definition) is 2. The fourth-order valence-corrected chi connectivity index (χ4v) is 3.06. The molecule has 0 aromatic heterocycles. The van der Waals surface area contributed by atoms with Crippen LogP contribution in [-0.2, 0) is 15.8 Å². The minimum absolute atomic E-state index is 0.0921. The van der Waals surface area contributed by atoms with Crippen molar-refractivity contribution in [2.75, 3.05) is 4.72 Å². The standard InChI is InChI=1S/C15H16N2O3S/c1-12(16-18)14-8-5-9-15(10-14)17-21(19,20)11-13-6-3-2-4-7-13/h2-10,17-18H,11H2,1H3/b16-12+. The van der Waals surface area contributed by atoms with E-state index in [1.807, 2.05) is 6.07 Å². The minimum Gasteiger partial charge on any atom is -0.411 e. The molecule has 0 bridgehead atoms. The summed E-state index contributed by atoms with van der Waals surface area (Å²) in [7, 11) is -3.49. The Kier molecular flexibility index (Phi) is 4.59. The van der Waals surface area contributed by atoms with Gasteiger partial charge in [-0.25, -0.2) is 8.42 Å². The summed E-state index contributed by atoms with van der Waals surface area (Å²) in [6.45, 7) is 1.64. The van der Waals surface area contributed by atoms with Crippen molar-refractivity contribution in [3.05, 3.63) is 65.7 Å². The van der Waals surface area contributed by atoms with Crippen molar-refractivity contribution in [2.45, 2.75) is 12.7 Å². The molecule has 0 atom stereocenters. The number of hydrogen-bond acceptors (Lipinski definition) is 4. The summed E-state index contributed by atoms with van der Waals surface area (Å²) < 4.78 is 26.8. The van der Waals surface area contributed by atoms with Crippen molar-refractivity contribution in [3.63, 3.8) is 0 Å². The normalized spacial score (nSPS) is 12.1. The summed E-state index contributed by atoms with van der Waals surface area (Å²) in [6.07, 6.45) is 0. The van der Waals surface area contributed by atoms with Gasteiger partial charge in [-0.05, 0) is 24.6 Å². The topological polar surface area (TPSA) is 78.8 Å². The molecule has 110 valence electrons. The van der Waals surface area contributed by atoms with Crippen LogP contribution in [0.4, 0.5) is 5.69 Å². The molecule has 0 unspecified atom stereocenters. The van der Waals surface area contributed by atoms with Gasteiger partial charge in [0.05, 0.1) is 11.5 Å². The molecular weight excluding hydrogens is 288 g/mol. The van der Waals surface area contributed by atoms with Crippen LogP contribution in [0.2, 0.25) is 0 Å². The van der Waals surface area contributed by atoms with Gasteiger partial charge in [0.2, 0.25) is 10.0 Å². The summed E-state index contributed by atoms with van der Waals surface area (Å²) in [5.74, 6) is -0.0921. The number of oxime groups is 1. The third-order valence-electron chi connectivity index (χ3n) is 2.90. The van der Waals surface area contributed by atoms with E-state index in [0.717, 1.165) is 0 Å². The fraction of sp³-hybridized carbons (Fsp3) is 0.133. The highest BCUT2D eigenvalue weighted by atomic mass is 32.2. The molecule has 0 spiro atoms. The van der Waals surface area contributed by atoms with Crippen molar-refractivity contribution in [2.24, 2.45) is 5.16 Å². The smallest absolute Gasteiger partial charge is 0.236 e. The Morgan fingerprint density at radius 2 is 1.86 bits per heavy atom. The second-order valence-electron chi connectivity index (χ2n) is 4.61.